The lowest BCUT2D eigenvalue weighted by Gasteiger charge is -2.02. The Morgan fingerprint density at radius 2 is 2.05 bits per heavy atom. The van der Waals surface area contributed by atoms with Crippen molar-refractivity contribution in [3.8, 4) is 0 Å². The molecule has 0 saturated heterocycles. The molecule has 0 fully saturated rings. The first kappa shape index (κ1) is 13.4. The number of benzene rings is 1. The first-order valence-corrected chi connectivity index (χ1v) is 6.03. The molecule has 0 aliphatic heterocycles. The van der Waals surface area contributed by atoms with E-state index in [1.807, 2.05) is 0 Å². The van der Waals surface area contributed by atoms with Crippen LogP contribution < -0.4 is 0 Å². The Morgan fingerprint density at radius 1 is 1.32 bits per heavy atom. The Kier molecular flexibility index (Phi) is 3.76. The molecule has 1 heterocycles. The molecule has 100 valence electrons. The minimum absolute atomic E-state index is 0.246. The molecule has 0 spiro atoms. The molecule has 19 heavy (non-hydrogen) atoms. The number of aromatic amines is 1. The average Bonchev–Trinajstić information content (AvgIpc) is 2.83. The van der Waals surface area contributed by atoms with Crippen LogP contribution in [0.25, 0.3) is 10.9 Å². The molecule has 0 radical (unpaired) electrons. The van der Waals surface area contributed by atoms with E-state index in [0.29, 0.717) is 16.6 Å². The van der Waals surface area contributed by atoms with Gasteiger partial charge in [-0.05, 0) is 25.1 Å². The number of carbonyl (C=O) groups excluding carboxylic acids is 2. The van der Waals surface area contributed by atoms with Crippen molar-refractivity contribution in [2.75, 3.05) is 13.7 Å². The van der Waals surface area contributed by atoms with Crippen molar-refractivity contribution in [2.45, 2.75) is 6.92 Å². The van der Waals surface area contributed by atoms with E-state index >= 15 is 0 Å². The maximum absolute atomic E-state index is 11.6. The first-order valence-electron chi connectivity index (χ1n) is 5.65. The minimum Gasteiger partial charge on any atom is -0.465 e. The van der Waals surface area contributed by atoms with E-state index in [1.54, 1.807) is 25.1 Å². The van der Waals surface area contributed by atoms with Gasteiger partial charge in [-0.3, -0.25) is 0 Å². The number of carbonyl (C=O) groups is 2. The lowest BCUT2D eigenvalue weighted by atomic mass is 10.1. The van der Waals surface area contributed by atoms with Crippen molar-refractivity contribution < 1.29 is 19.1 Å². The summed E-state index contributed by atoms with van der Waals surface area (Å²) >= 11 is 6.14. The third-order valence-electron chi connectivity index (χ3n) is 2.64. The standard InChI is InChI=1S/C13H12ClNO4/c1-3-19-13(17)10-6-8-9(15-10)5-4-7(11(8)14)12(16)18-2/h4-6,15H,3H2,1-2H3. The molecule has 1 aromatic carbocycles. The highest BCUT2D eigenvalue weighted by Crippen LogP contribution is 2.28. The number of rotatable bonds is 3. The fraction of sp³-hybridized carbons (Fsp3) is 0.231. The van der Waals surface area contributed by atoms with Crippen LogP contribution in [0.1, 0.15) is 27.8 Å². The van der Waals surface area contributed by atoms with E-state index in [9.17, 15) is 9.59 Å². The van der Waals surface area contributed by atoms with Crippen molar-refractivity contribution in [3.05, 3.63) is 34.5 Å². The van der Waals surface area contributed by atoms with Gasteiger partial charge in [-0.15, -0.1) is 0 Å². The van der Waals surface area contributed by atoms with E-state index in [-0.39, 0.29) is 17.2 Å². The summed E-state index contributed by atoms with van der Waals surface area (Å²) in [4.78, 5) is 26.0. The molecule has 2 aromatic rings. The van der Waals surface area contributed by atoms with Crippen LogP contribution in [0.15, 0.2) is 18.2 Å². The van der Waals surface area contributed by atoms with E-state index in [2.05, 4.69) is 9.72 Å². The van der Waals surface area contributed by atoms with Crippen LogP contribution in [-0.2, 0) is 9.47 Å². The van der Waals surface area contributed by atoms with Gasteiger partial charge in [-0.2, -0.15) is 0 Å². The molecule has 5 nitrogen and oxygen atoms in total. The molecule has 0 unspecified atom stereocenters. The van der Waals surface area contributed by atoms with Crippen LogP contribution in [0.3, 0.4) is 0 Å². The van der Waals surface area contributed by atoms with Gasteiger partial charge in [0.2, 0.25) is 0 Å². The predicted octanol–water partition coefficient (Wildman–Crippen LogP) is 2.78. The molecule has 0 amide bonds. The molecular weight excluding hydrogens is 270 g/mol. The molecule has 6 heteroatoms. The number of ether oxygens (including phenoxy) is 2. The van der Waals surface area contributed by atoms with Gasteiger partial charge in [-0.1, -0.05) is 11.6 Å². The summed E-state index contributed by atoms with van der Waals surface area (Å²) in [7, 11) is 1.28. The quantitative estimate of drug-likeness (QED) is 0.879. The van der Waals surface area contributed by atoms with Crippen LogP contribution >= 0.6 is 11.6 Å². The van der Waals surface area contributed by atoms with Gasteiger partial charge >= 0.3 is 11.9 Å². The second-order valence-corrected chi connectivity index (χ2v) is 4.16. The normalized spacial score (nSPS) is 10.5. The molecule has 0 atom stereocenters. The summed E-state index contributed by atoms with van der Waals surface area (Å²) in [6.45, 7) is 2.01. The smallest absolute Gasteiger partial charge is 0.354 e. The molecular formula is C13H12ClNO4. The number of hydrogen-bond acceptors (Lipinski definition) is 4. The maximum Gasteiger partial charge on any atom is 0.354 e. The van der Waals surface area contributed by atoms with Gasteiger partial charge in [0.05, 0.1) is 24.3 Å². The molecule has 0 bridgehead atoms. The SMILES string of the molecule is CCOC(=O)c1cc2c(Cl)c(C(=O)OC)ccc2[nH]1. The Morgan fingerprint density at radius 3 is 2.68 bits per heavy atom. The van der Waals surface area contributed by atoms with Crippen molar-refractivity contribution in [2.24, 2.45) is 0 Å². The number of methoxy groups -OCH3 is 1. The van der Waals surface area contributed by atoms with Gasteiger partial charge in [0.1, 0.15) is 5.69 Å². The third-order valence-corrected chi connectivity index (χ3v) is 3.05. The highest BCUT2D eigenvalue weighted by Gasteiger charge is 2.17. The largest absolute Gasteiger partial charge is 0.465 e. The number of esters is 2. The molecule has 2 rings (SSSR count). The summed E-state index contributed by atoms with van der Waals surface area (Å²) in [5, 5.41) is 0.823. The summed E-state index contributed by atoms with van der Waals surface area (Å²) in [6.07, 6.45) is 0. The highest BCUT2D eigenvalue weighted by atomic mass is 35.5. The molecule has 0 saturated carbocycles. The Labute approximate surface area is 114 Å². The van der Waals surface area contributed by atoms with Crippen LogP contribution in [0.2, 0.25) is 5.02 Å². The second kappa shape index (κ2) is 5.32. The predicted molar refractivity (Wildman–Crippen MR) is 70.6 cm³/mol. The van der Waals surface area contributed by atoms with E-state index < -0.39 is 11.9 Å². The zero-order valence-electron chi connectivity index (χ0n) is 10.5. The summed E-state index contributed by atoms with van der Waals surface area (Å²) < 4.78 is 9.52. The first-order chi connectivity index (χ1) is 9.08. The molecule has 0 aliphatic carbocycles. The Hall–Kier alpha value is -2.01. The Balaban J connectivity index is 2.51. The van der Waals surface area contributed by atoms with E-state index in [4.69, 9.17) is 16.3 Å². The zero-order valence-corrected chi connectivity index (χ0v) is 11.2. The minimum atomic E-state index is -0.522. The number of nitrogens with one attached hydrogen (secondary N) is 1. The van der Waals surface area contributed by atoms with Gasteiger partial charge in [0.25, 0.3) is 0 Å². The van der Waals surface area contributed by atoms with Crippen molar-refractivity contribution in [1.82, 2.24) is 4.98 Å². The van der Waals surface area contributed by atoms with Crippen molar-refractivity contribution in [3.63, 3.8) is 0 Å². The Bertz CT molecular complexity index is 647. The average molecular weight is 282 g/mol. The number of aromatic nitrogens is 1. The third kappa shape index (κ3) is 2.42. The lowest BCUT2D eigenvalue weighted by Crippen LogP contribution is -2.04. The lowest BCUT2D eigenvalue weighted by molar-refractivity contribution is 0.0519. The van der Waals surface area contributed by atoms with Gasteiger partial charge < -0.3 is 14.5 Å². The number of halogens is 1. The second-order valence-electron chi connectivity index (χ2n) is 3.78. The van der Waals surface area contributed by atoms with Gasteiger partial charge in [-0.25, -0.2) is 9.59 Å². The number of fused-ring (bicyclic) bond motifs is 1. The van der Waals surface area contributed by atoms with Crippen LogP contribution in [0.5, 0.6) is 0 Å². The van der Waals surface area contributed by atoms with Crippen LogP contribution in [0, 0.1) is 0 Å². The van der Waals surface area contributed by atoms with Crippen LogP contribution in [0.4, 0.5) is 0 Å². The fourth-order valence-electron chi connectivity index (χ4n) is 1.75. The molecule has 0 aliphatic rings. The van der Waals surface area contributed by atoms with Crippen molar-refractivity contribution >= 4 is 34.4 Å². The number of H-pyrrole nitrogens is 1. The van der Waals surface area contributed by atoms with Crippen molar-refractivity contribution in [1.29, 1.82) is 0 Å². The van der Waals surface area contributed by atoms with Gasteiger partial charge in [0, 0.05) is 10.9 Å². The summed E-state index contributed by atoms with van der Waals surface area (Å²) in [5.41, 5.74) is 1.20. The summed E-state index contributed by atoms with van der Waals surface area (Å²) in [5.74, 6) is -0.986. The zero-order chi connectivity index (χ0) is 14.0. The fourth-order valence-corrected chi connectivity index (χ4v) is 2.05. The van der Waals surface area contributed by atoms with Crippen LogP contribution in [-0.4, -0.2) is 30.6 Å². The maximum atomic E-state index is 11.6. The number of hydrogen-bond donors (Lipinski definition) is 1. The molecule has 1 aromatic heterocycles. The van der Waals surface area contributed by atoms with Gasteiger partial charge in [0.15, 0.2) is 0 Å². The summed E-state index contributed by atoms with van der Waals surface area (Å²) in [6, 6.07) is 4.76. The monoisotopic (exact) mass is 281 g/mol. The van der Waals surface area contributed by atoms with E-state index in [1.165, 1.54) is 7.11 Å². The topological polar surface area (TPSA) is 68.4 Å². The highest BCUT2D eigenvalue weighted by molar-refractivity contribution is 6.38. The van der Waals surface area contributed by atoms with E-state index in [0.717, 1.165) is 0 Å². The molecule has 1 N–H and O–H groups in total.